The number of rotatable bonds is 1. The first-order valence-electron chi connectivity index (χ1n) is 5.47. The summed E-state index contributed by atoms with van der Waals surface area (Å²) in [7, 11) is 0. The quantitative estimate of drug-likeness (QED) is 0.475. The lowest BCUT2D eigenvalue weighted by Crippen LogP contribution is -2.49. The second-order valence-electron chi connectivity index (χ2n) is 4.81. The Bertz CT molecular complexity index is 454. The van der Waals surface area contributed by atoms with Crippen LogP contribution < -0.4 is 16.0 Å². The number of benzene rings is 1. The maximum absolute atomic E-state index is 11.5. The third kappa shape index (κ3) is 5.18. The van der Waals surface area contributed by atoms with Crippen molar-refractivity contribution in [3.05, 3.63) is 28.7 Å². The topological polar surface area (TPSA) is 77.0 Å². The number of urea groups is 1. The van der Waals surface area contributed by atoms with Crippen molar-refractivity contribution in [1.82, 2.24) is 10.6 Å². The van der Waals surface area contributed by atoms with Crippen LogP contribution in [0.3, 0.4) is 0 Å². The zero-order chi connectivity index (χ0) is 13.8. The number of anilines is 1. The van der Waals surface area contributed by atoms with Crippen molar-refractivity contribution in [1.29, 1.82) is 5.41 Å². The lowest BCUT2D eigenvalue weighted by Gasteiger charge is -2.21. The van der Waals surface area contributed by atoms with Crippen molar-refractivity contribution in [2.75, 3.05) is 5.32 Å². The predicted molar refractivity (Wildman–Crippen MR) is 76.9 cm³/mol. The number of halogens is 1. The summed E-state index contributed by atoms with van der Waals surface area (Å²) in [6.45, 7) is 5.62. The number of para-hydroxylation sites is 1. The van der Waals surface area contributed by atoms with Gasteiger partial charge in [-0.2, -0.15) is 0 Å². The van der Waals surface area contributed by atoms with Crippen LogP contribution in [0.2, 0.25) is 0 Å². The second kappa shape index (κ2) is 5.86. The number of hydrogen-bond acceptors (Lipinski definition) is 2. The molecule has 0 aliphatic carbocycles. The number of hydrogen-bond donors (Lipinski definition) is 4. The van der Waals surface area contributed by atoms with E-state index < -0.39 is 6.03 Å². The van der Waals surface area contributed by atoms with Gasteiger partial charge in [-0.3, -0.25) is 10.7 Å². The third-order valence-electron chi connectivity index (χ3n) is 1.86. The van der Waals surface area contributed by atoms with Crippen molar-refractivity contribution in [3.63, 3.8) is 0 Å². The lowest BCUT2D eigenvalue weighted by molar-refractivity contribution is 0.236. The van der Waals surface area contributed by atoms with Gasteiger partial charge in [0.1, 0.15) is 0 Å². The van der Waals surface area contributed by atoms with E-state index in [0.29, 0.717) is 0 Å². The van der Waals surface area contributed by atoms with Gasteiger partial charge >= 0.3 is 6.03 Å². The Balaban J connectivity index is 2.53. The van der Waals surface area contributed by atoms with E-state index in [4.69, 9.17) is 5.41 Å². The molecule has 0 heterocycles. The molecule has 1 aromatic rings. The van der Waals surface area contributed by atoms with E-state index in [9.17, 15) is 4.79 Å². The zero-order valence-corrected chi connectivity index (χ0v) is 12.2. The molecule has 0 fully saturated rings. The molecular weight excluding hydrogens is 296 g/mol. The Labute approximate surface area is 115 Å². The standard InChI is InChI=1S/C12H17BrN4O/c1-12(2,3)17-11(18)16-10(14)15-9-7-5-4-6-8(9)13/h4-7H,1-3H3,(H4,14,15,16,17,18). The first kappa shape index (κ1) is 14.5. The SMILES string of the molecule is CC(C)(C)NC(=O)NC(=N)Nc1ccccc1Br. The molecule has 0 aliphatic heterocycles. The first-order valence-corrected chi connectivity index (χ1v) is 6.26. The summed E-state index contributed by atoms with van der Waals surface area (Å²) in [5.74, 6) is -0.0800. The molecule has 1 aromatic carbocycles. The van der Waals surface area contributed by atoms with Gasteiger partial charge in [0, 0.05) is 10.0 Å². The second-order valence-corrected chi connectivity index (χ2v) is 5.66. The molecule has 6 heteroatoms. The van der Waals surface area contributed by atoms with Gasteiger partial charge in [-0.1, -0.05) is 12.1 Å². The monoisotopic (exact) mass is 312 g/mol. The summed E-state index contributed by atoms with van der Waals surface area (Å²) in [4.78, 5) is 11.5. The van der Waals surface area contributed by atoms with E-state index in [0.717, 1.165) is 10.2 Å². The molecule has 0 bridgehead atoms. The molecular formula is C12H17BrN4O. The average molecular weight is 313 g/mol. The highest BCUT2D eigenvalue weighted by Crippen LogP contribution is 2.20. The Hall–Kier alpha value is -1.56. The third-order valence-corrected chi connectivity index (χ3v) is 2.55. The Morgan fingerprint density at radius 2 is 1.89 bits per heavy atom. The number of guanidine groups is 1. The van der Waals surface area contributed by atoms with Gasteiger partial charge in [0.2, 0.25) is 5.96 Å². The summed E-state index contributed by atoms with van der Waals surface area (Å²) in [5.41, 5.74) is 0.385. The van der Waals surface area contributed by atoms with Crippen molar-refractivity contribution in [2.24, 2.45) is 0 Å². The van der Waals surface area contributed by atoms with Crippen LogP contribution in [0.25, 0.3) is 0 Å². The zero-order valence-electron chi connectivity index (χ0n) is 10.6. The van der Waals surface area contributed by atoms with Gasteiger partial charge in [0.05, 0.1) is 5.69 Å². The van der Waals surface area contributed by atoms with Crippen molar-refractivity contribution in [2.45, 2.75) is 26.3 Å². The first-order chi connectivity index (χ1) is 8.28. The molecule has 0 aliphatic rings. The van der Waals surface area contributed by atoms with Crippen molar-refractivity contribution < 1.29 is 4.79 Å². The van der Waals surface area contributed by atoms with Crippen molar-refractivity contribution in [3.8, 4) is 0 Å². The maximum Gasteiger partial charge on any atom is 0.321 e. The minimum Gasteiger partial charge on any atom is -0.333 e. The number of amides is 2. The highest BCUT2D eigenvalue weighted by atomic mass is 79.9. The van der Waals surface area contributed by atoms with Gasteiger partial charge in [-0.15, -0.1) is 0 Å². The minimum absolute atomic E-state index is 0.0800. The van der Waals surface area contributed by atoms with E-state index in [1.54, 1.807) is 0 Å². The van der Waals surface area contributed by atoms with Crippen LogP contribution in [-0.4, -0.2) is 17.5 Å². The molecule has 4 N–H and O–H groups in total. The van der Waals surface area contributed by atoms with Crippen LogP contribution in [0.1, 0.15) is 20.8 Å². The fourth-order valence-electron chi connectivity index (χ4n) is 1.21. The molecule has 5 nitrogen and oxygen atoms in total. The normalized spacial score (nSPS) is 10.7. The summed E-state index contributed by atoms with van der Waals surface area (Å²) < 4.78 is 0.827. The van der Waals surface area contributed by atoms with E-state index in [-0.39, 0.29) is 11.5 Å². The van der Waals surface area contributed by atoms with Crippen LogP contribution in [0.4, 0.5) is 10.5 Å². The molecule has 2 amide bonds. The fraction of sp³-hybridized carbons (Fsp3) is 0.333. The Morgan fingerprint density at radius 3 is 2.44 bits per heavy atom. The number of carbonyl (C=O) groups is 1. The Kier molecular flexibility index (Phi) is 4.72. The fourth-order valence-corrected chi connectivity index (χ4v) is 1.60. The predicted octanol–water partition coefficient (Wildman–Crippen LogP) is 2.89. The van der Waals surface area contributed by atoms with Crippen molar-refractivity contribution >= 4 is 33.6 Å². The van der Waals surface area contributed by atoms with E-state index in [2.05, 4.69) is 31.9 Å². The Morgan fingerprint density at radius 1 is 1.28 bits per heavy atom. The van der Waals surface area contributed by atoms with Crippen LogP contribution >= 0.6 is 15.9 Å². The molecule has 0 aromatic heterocycles. The largest absolute Gasteiger partial charge is 0.333 e. The van der Waals surface area contributed by atoms with Crippen LogP contribution in [0.5, 0.6) is 0 Å². The molecule has 0 saturated heterocycles. The minimum atomic E-state index is -0.410. The molecule has 0 saturated carbocycles. The maximum atomic E-state index is 11.5. The van der Waals surface area contributed by atoms with Crippen LogP contribution in [-0.2, 0) is 0 Å². The van der Waals surface area contributed by atoms with E-state index >= 15 is 0 Å². The highest BCUT2D eigenvalue weighted by molar-refractivity contribution is 9.10. The molecule has 0 spiro atoms. The summed E-state index contributed by atoms with van der Waals surface area (Å²) in [6, 6.07) is 6.97. The average Bonchev–Trinajstić information content (AvgIpc) is 2.18. The smallest absolute Gasteiger partial charge is 0.321 e. The molecule has 18 heavy (non-hydrogen) atoms. The molecule has 0 radical (unpaired) electrons. The molecule has 1 rings (SSSR count). The van der Waals surface area contributed by atoms with Gasteiger partial charge in [0.15, 0.2) is 0 Å². The summed E-state index contributed by atoms with van der Waals surface area (Å²) >= 11 is 3.35. The van der Waals surface area contributed by atoms with Crippen LogP contribution in [0, 0.1) is 5.41 Å². The van der Waals surface area contributed by atoms with E-state index in [1.807, 2.05) is 45.0 Å². The molecule has 0 atom stereocenters. The molecule has 98 valence electrons. The molecule has 0 unspecified atom stereocenters. The van der Waals surface area contributed by atoms with Gasteiger partial charge in [-0.25, -0.2) is 4.79 Å². The summed E-state index contributed by atoms with van der Waals surface area (Å²) in [5, 5.41) is 15.6. The van der Waals surface area contributed by atoms with Gasteiger partial charge in [-0.05, 0) is 48.8 Å². The highest BCUT2D eigenvalue weighted by Gasteiger charge is 2.14. The lowest BCUT2D eigenvalue weighted by atomic mass is 10.1. The van der Waals surface area contributed by atoms with Gasteiger partial charge in [0.25, 0.3) is 0 Å². The van der Waals surface area contributed by atoms with E-state index in [1.165, 1.54) is 0 Å². The number of carbonyl (C=O) groups excluding carboxylic acids is 1. The number of nitrogens with one attached hydrogen (secondary N) is 4. The van der Waals surface area contributed by atoms with Crippen LogP contribution in [0.15, 0.2) is 28.7 Å². The van der Waals surface area contributed by atoms with Gasteiger partial charge < -0.3 is 10.6 Å². The summed E-state index contributed by atoms with van der Waals surface area (Å²) in [6.07, 6.45) is 0.